The van der Waals surface area contributed by atoms with Gasteiger partial charge in [0.1, 0.15) is 0 Å². The van der Waals surface area contributed by atoms with Crippen LogP contribution in [0.4, 0.5) is 0 Å². The quantitative estimate of drug-likeness (QED) is 0.741. The molecule has 0 saturated heterocycles. The molecule has 4 heteroatoms. The molecular formula is C17H17Br2NO. The monoisotopic (exact) mass is 409 g/mol. The number of carbonyl (C=O) groups excluding carboxylic acids is 1. The zero-order chi connectivity index (χ0) is 15.6. The molecule has 0 aliphatic heterocycles. The number of benzene rings is 2. The number of rotatable bonds is 3. The Labute approximate surface area is 142 Å². The van der Waals surface area contributed by atoms with Crippen molar-refractivity contribution in [2.24, 2.45) is 0 Å². The number of carbonyl (C=O) groups is 1. The minimum Gasteiger partial charge on any atom is -0.343 e. The standard InChI is InChI=1S/C17H17Br2NO/c1-11-4-7-14(19)10-15(11)16(21)20-17(2,3)12-5-8-13(18)9-6-12/h4-10H,1-3H3,(H,20,21). The topological polar surface area (TPSA) is 29.1 Å². The van der Waals surface area contributed by atoms with Crippen LogP contribution >= 0.6 is 31.9 Å². The Kier molecular flexibility index (Phi) is 4.89. The molecular weight excluding hydrogens is 394 g/mol. The van der Waals surface area contributed by atoms with E-state index in [0.29, 0.717) is 5.56 Å². The van der Waals surface area contributed by atoms with E-state index in [-0.39, 0.29) is 5.91 Å². The van der Waals surface area contributed by atoms with Crippen molar-refractivity contribution < 1.29 is 4.79 Å². The van der Waals surface area contributed by atoms with Gasteiger partial charge in [0.05, 0.1) is 5.54 Å². The summed E-state index contributed by atoms with van der Waals surface area (Å²) in [7, 11) is 0. The summed E-state index contributed by atoms with van der Waals surface area (Å²) in [6.07, 6.45) is 0. The molecule has 0 radical (unpaired) electrons. The maximum absolute atomic E-state index is 12.5. The van der Waals surface area contributed by atoms with Crippen LogP contribution in [0.15, 0.2) is 51.4 Å². The first-order chi connectivity index (χ1) is 9.79. The van der Waals surface area contributed by atoms with Crippen molar-refractivity contribution in [1.29, 1.82) is 0 Å². The highest BCUT2D eigenvalue weighted by molar-refractivity contribution is 9.10. The summed E-state index contributed by atoms with van der Waals surface area (Å²) in [5.74, 6) is -0.0679. The molecule has 2 aromatic rings. The predicted octanol–water partition coefficient (Wildman–Crippen LogP) is 5.19. The summed E-state index contributed by atoms with van der Waals surface area (Å²) < 4.78 is 1.93. The molecule has 0 bridgehead atoms. The molecule has 21 heavy (non-hydrogen) atoms. The van der Waals surface area contributed by atoms with Crippen molar-refractivity contribution in [1.82, 2.24) is 5.32 Å². The van der Waals surface area contributed by atoms with Crippen LogP contribution < -0.4 is 5.32 Å². The zero-order valence-electron chi connectivity index (χ0n) is 12.2. The fraction of sp³-hybridized carbons (Fsp3) is 0.235. The van der Waals surface area contributed by atoms with E-state index in [9.17, 15) is 4.79 Å². The first-order valence-corrected chi connectivity index (χ1v) is 8.23. The lowest BCUT2D eigenvalue weighted by atomic mass is 9.93. The Morgan fingerprint density at radius 2 is 1.57 bits per heavy atom. The van der Waals surface area contributed by atoms with Gasteiger partial charge >= 0.3 is 0 Å². The van der Waals surface area contributed by atoms with E-state index in [1.165, 1.54) is 0 Å². The molecule has 0 fully saturated rings. The van der Waals surface area contributed by atoms with Crippen molar-refractivity contribution >= 4 is 37.8 Å². The third kappa shape index (κ3) is 3.95. The maximum atomic E-state index is 12.5. The van der Waals surface area contributed by atoms with Gasteiger partial charge in [-0.25, -0.2) is 0 Å². The maximum Gasteiger partial charge on any atom is 0.252 e. The lowest BCUT2D eigenvalue weighted by Crippen LogP contribution is -2.41. The van der Waals surface area contributed by atoms with Crippen LogP contribution in [0.1, 0.15) is 35.3 Å². The predicted molar refractivity (Wildman–Crippen MR) is 93.5 cm³/mol. The summed E-state index contributed by atoms with van der Waals surface area (Å²) >= 11 is 6.84. The Morgan fingerprint density at radius 3 is 2.19 bits per heavy atom. The van der Waals surface area contributed by atoms with E-state index in [1.807, 2.05) is 63.2 Å². The van der Waals surface area contributed by atoms with E-state index in [2.05, 4.69) is 37.2 Å². The number of amides is 1. The van der Waals surface area contributed by atoms with Crippen LogP contribution in [0.3, 0.4) is 0 Å². The van der Waals surface area contributed by atoms with Crippen molar-refractivity contribution in [2.75, 3.05) is 0 Å². The second-order valence-electron chi connectivity index (χ2n) is 5.55. The van der Waals surface area contributed by atoms with Crippen molar-refractivity contribution in [3.05, 3.63) is 68.1 Å². The first kappa shape index (κ1) is 16.2. The van der Waals surface area contributed by atoms with Gasteiger partial charge in [0.2, 0.25) is 0 Å². The molecule has 0 unspecified atom stereocenters. The van der Waals surface area contributed by atoms with Gasteiger partial charge in [0, 0.05) is 14.5 Å². The molecule has 2 nitrogen and oxygen atoms in total. The van der Waals surface area contributed by atoms with Crippen LogP contribution in [0.2, 0.25) is 0 Å². The molecule has 1 N–H and O–H groups in total. The van der Waals surface area contributed by atoms with Crippen LogP contribution in [-0.4, -0.2) is 5.91 Å². The molecule has 0 spiro atoms. The Hall–Kier alpha value is -1.13. The van der Waals surface area contributed by atoms with E-state index in [0.717, 1.165) is 20.1 Å². The average molecular weight is 411 g/mol. The first-order valence-electron chi connectivity index (χ1n) is 6.64. The SMILES string of the molecule is Cc1ccc(Br)cc1C(=O)NC(C)(C)c1ccc(Br)cc1. The average Bonchev–Trinajstić information content (AvgIpc) is 2.41. The number of hydrogen-bond acceptors (Lipinski definition) is 1. The van der Waals surface area contributed by atoms with Gasteiger partial charge in [-0.3, -0.25) is 4.79 Å². The molecule has 0 heterocycles. The van der Waals surface area contributed by atoms with Crippen molar-refractivity contribution in [2.45, 2.75) is 26.3 Å². The van der Waals surface area contributed by atoms with Crippen molar-refractivity contribution in [3.8, 4) is 0 Å². The highest BCUT2D eigenvalue weighted by atomic mass is 79.9. The Bertz CT molecular complexity index is 663. The summed E-state index contributed by atoms with van der Waals surface area (Å²) in [5, 5.41) is 3.10. The zero-order valence-corrected chi connectivity index (χ0v) is 15.4. The Balaban J connectivity index is 2.25. The minimum atomic E-state index is -0.438. The summed E-state index contributed by atoms with van der Waals surface area (Å²) in [5.41, 5.74) is 2.27. The van der Waals surface area contributed by atoms with Gasteiger partial charge in [0.15, 0.2) is 0 Å². The second kappa shape index (κ2) is 6.32. The lowest BCUT2D eigenvalue weighted by Gasteiger charge is -2.27. The Morgan fingerprint density at radius 1 is 1.00 bits per heavy atom. The van der Waals surface area contributed by atoms with Gasteiger partial charge < -0.3 is 5.32 Å². The molecule has 2 rings (SSSR count). The molecule has 0 aliphatic rings. The number of aryl methyl sites for hydroxylation is 1. The normalized spacial score (nSPS) is 11.3. The number of nitrogens with one attached hydrogen (secondary N) is 1. The van der Waals surface area contributed by atoms with Crippen LogP contribution in [0.5, 0.6) is 0 Å². The minimum absolute atomic E-state index is 0.0679. The van der Waals surface area contributed by atoms with E-state index >= 15 is 0 Å². The number of hydrogen-bond donors (Lipinski definition) is 1. The molecule has 0 saturated carbocycles. The largest absolute Gasteiger partial charge is 0.343 e. The highest BCUT2D eigenvalue weighted by Gasteiger charge is 2.24. The van der Waals surface area contributed by atoms with Gasteiger partial charge in [-0.15, -0.1) is 0 Å². The van der Waals surface area contributed by atoms with Crippen LogP contribution in [0, 0.1) is 6.92 Å². The molecule has 0 aromatic heterocycles. The lowest BCUT2D eigenvalue weighted by molar-refractivity contribution is 0.0911. The van der Waals surface area contributed by atoms with Crippen LogP contribution in [-0.2, 0) is 5.54 Å². The molecule has 0 aliphatic carbocycles. The van der Waals surface area contributed by atoms with E-state index < -0.39 is 5.54 Å². The summed E-state index contributed by atoms with van der Waals surface area (Å²) in [6, 6.07) is 13.7. The fourth-order valence-corrected chi connectivity index (χ4v) is 2.75. The van der Waals surface area contributed by atoms with E-state index in [4.69, 9.17) is 0 Å². The third-order valence-corrected chi connectivity index (χ3v) is 4.46. The van der Waals surface area contributed by atoms with Crippen LogP contribution in [0.25, 0.3) is 0 Å². The van der Waals surface area contributed by atoms with Gasteiger partial charge in [-0.05, 0) is 56.2 Å². The number of halogens is 2. The van der Waals surface area contributed by atoms with E-state index in [1.54, 1.807) is 0 Å². The molecule has 1 amide bonds. The molecule has 110 valence electrons. The van der Waals surface area contributed by atoms with Gasteiger partial charge in [-0.2, -0.15) is 0 Å². The second-order valence-corrected chi connectivity index (χ2v) is 7.38. The fourth-order valence-electron chi connectivity index (χ4n) is 2.13. The van der Waals surface area contributed by atoms with Crippen molar-refractivity contribution in [3.63, 3.8) is 0 Å². The summed E-state index contributed by atoms with van der Waals surface area (Å²) in [6.45, 7) is 5.94. The van der Waals surface area contributed by atoms with Gasteiger partial charge in [-0.1, -0.05) is 50.1 Å². The third-order valence-electron chi connectivity index (χ3n) is 3.44. The molecule has 0 atom stereocenters. The molecule has 2 aromatic carbocycles. The highest BCUT2D eigenvalue weighted by Crippen LogP contribution is 2.24. The summed E-state index contributed by atoms with van der Waals surface area (Å²) in [4.78, 5) is 12.5. The smallest absolute Gasteiger partial charge is 0.252 e. The van der Waals surface area contributed by atoms with Gasteiger partial charge in [0.25, 0.3) is 5.91 Å².